The van der Waals surface area contributed by atoms with Gasteiger partial charge in [-0.15, -0.1) is 11.3 Å². The summed E-state index contributed by atoms with van der Waals surface area (Å²) in [6.45, 7) is 0. The Labute approximate surface area is 105 Å². The molecule has 0 radical (unpaired) electrons. The quantitative estimate of drug-likeness (QED) is 0.677. The van der Waals surface area contributed by atoms with Crippen molar-refractivity contribution in [3.05, 3.63) is 28.0 Å². The summed E-state index contributed by atoms with van der Waals surface area (Å²) in [6.07, 6.45) is 9.44. The van der Waals surface area contributed by atoms with E-state index in [1.807, 2.05) is 11.3 Å². The Morgan fingerprint density at radius 2 is 2.20 bits per heavy atom. The van der Waals surface area contributed by atoms with Gasteiger partial charge in [0.2, 0.25) is 0 Å². The number of halogens is 1. The van der Waals surface area contributed by atoms with Gasteiger partial charge in [0.25, 0.3) is 0 Å². The number of thiophene rings is 1. The highest BCUT2D eigenvalue weighted by Gasteiger charge is 2.16. The molecule has 0 N–H and O–H groups in total. The van der Waals surface area contributed by atoms with Gasteiger partial charge in [0.15, 0.2) is 0 Å². The average molecular weight is 285 g/mol. The van der Waals surface area contributed by atoms with Crippen LogP contribution < -0.4 is 0 Å². The molecule has 0 aliphatic heterocycles. The Bertz CT molecular complexity index is 307. The number of rotatable bonds is 3. The second kappa shape index (κ2) is 5.86. The standard InChI is InChI=1S/C13H17BrS/c14-10-12(9-13-7-4-8-15-13)11-5-2-1-3-6-11/h4,7-9,11H,1-3,5-6,10H2. The predicted molar refractivity (Wildman–Crippen MR) is 72.7 cm³/mol. The second-order valence-corrected chi connectivity index (χ2v) is 5.74. The molecule has 2 rings (SSSR count). The molecule has 0 spiro atoms. The minimum Gasteiger partial charge on any atom is -0.144 e. The highest BCUT2D eigenvalue weighted by Crippen LogP contribution is 2.32. The fourth-order valence-corrected chi connectivity index (χ4v) is 3.61. The smallest absolute Gasteiger partial charge is 0.0270 e. The van der Waals surface area contributed by atoms with Gasteiger partial charge in [-0.25, -0.2) is 0 Å². The number of alkyl halides is 1. The van der Waals surface area contributed by atoms with Gasteiger partial charge < -0.3 is 0 Å². The van der Waals surface area contributed by atoms with Crippen LogP contribution in [0.25, 0.3) is 6.08 Å². The van der Waals surface area contributed by atoms with Gasteiger partial charge in [-0.2, -0.15) is 0 Å². The van der Waals surface area contributed by atoms with E-state index >= 15 is 0 Å². The van der Waals surface area contributed by atoms with Gasteiger partial charge >= 0.3 is 0 Å². The summed E-state index contributed by atoms with van der Waals surface area (Å²) < 4.78 is 0. The van der Waals surface area contributed by atoms with Crippen molar-refractivity contribution in [1.29, 1.82) is 0 Å². The summed E-state index contributed by atoms with van der Waals surface area (Å²) in [7, 11) is 0. The maximum Gasteiger partial charge on any atom is 0.0270 e. The van der Waals surface area contributed by atoms with Crippen molar-refractivity contribution in [2.24, 2.45) is 5.92 Å². The van der Waals surface area contributed by atoms with Gasteiger partial charge in [0.1, 0.15) is 0 Å². The van der Waals surface area contributed by atoms with Gasteiger partial charge in [-0.05, 0) is 36.3 Å². The van der Waals surface area contributed by atoms with Crippen molar-refractivity contribution >= 4 is 33.3 Å². The lowest BCUT2D eigenvalue weighted by molar-refractivity contribution is 0.406. The third-order valence-corrected chi connectivity index (χ3v) is 4.62. The van der Waals surface area contributed by atoms with Crippen LogP contribution in [-0.2, 0) is 0 Å². The average Bonchev–Trinajstić information content (AvgIpc) is 2.80. The molecule has 1 heterocycles. The van der Waals surface area contributed by atoms with Crippen molar-refractivity contribution in [3.63, 3.8) is 0 Å². The summed E-state index contributed by atoms with van der Waals surface area (Å²) in [4.78, 5) is 1.40. The maximum atomic E-state index is 3.63. The monoisotopic (exact) mass is 284 g/mol. The molecule has 0 aromatic carbocycles. The lowest BCUT2D eigenvalue weighted by Crippen LogP contribution is -2.09. The zero-order valence-corrected chi connectivity index (χ0v) is 11.3. The van der Waals surface area contributed by atoms with Gasteiger partial charge in [-0.1, -0.05) is 46.8 Å². The molecule has 1 fully saturated rings. The summed E-state index contributed by atoms with van der Waals surface area (Å²) in [5.41, 5.74) is 1.59. The summed E-state index contributed by atoms with van der Waals surface area (Å²) in [6, 6.07) is 4.33. The first-order valence-electron chi connectivity index (χ1n) is 5.70. The molecule has 15 heavy (non-hydrogen) atoms. The first kappa shape index (κ1) is 11.4. The molecule has 0 amide bonds. The molecular formula is C13H17BrS. The number of allylic oxidation sites excluding steroid dienone is 1. The van der Waals surface area contributed by atoms with Crippen LogP contribution in [0.5, 0.6) is 0 Å². The molecule has 1 aromatic heterocycles. The van der Waals surface area contributed by atoms with Crippen LogP contribution in [-0.4, -0.2) is 5.33 Å². The SMILES string of the molecule is BrCC(=Cc1cccs1)C1CCCCC1. The largest absolute Gasteiger partial charge is 0.144 e. The minimum atomic E-state index is 0.834. The number of hydrogen-bond acceptors (Lipinski definition) is 1. The lowest BCUT2D eigenvalue weighted by Gasteiger charge is -2.23. The van der Waals surface area contributed by atoms with E-state index in [-0.39, 0.29) is 0 Å². The highest BCUT2D eigenvalue weighted by atomic mass is 79.9. The van der Waals surface area contributed by atoms with Crippen molar-refractivity contribution < 1.29 is 0 Å². The Morgan fingerprint density at radius 3 is 2.80 bits per heavy atom. The topological polar surface area (TPSA) is 0 Å². The summed E-state index contributed by atoms with van der Waals surface area (Å²) >= 11 is 5.47. The van der Waals surface area contributed by atoms with Crippen LogP contribution in [0.4, 0.5) is 0 Å². The minimum absolute atomic E-state index is 0.834. The van der Waals surface area contributed by atoms with Crippen LogP contribution in [0, 0.1) is 5.92 Å². The van der Waals surface area contributed by atoms with Gasteiger partial charge in [0, 0.05) is 10.2 Å². The van der Waals surface area contributed by atoms with Crippen LogP contribution in [0.2, 0.25) is 0 Å². The van der Waals surface area contributed by atoms with E-state index < -0.39 is 0 Å². The molecular weight excluding hydrogens is 268 g/mol. The summed E-state index contributed by atoms with van der Waals surface area (Å²) in [5.74, 6) is 0.834. The zero-order valence-electron chi connectivity index (χ0n) is 8.92. The maximum absolute atomic E-state index is 3.63. The zero-order chi connectivity index (χ0) is 10.5. The molecule has 82 valence electrons. The van der Waals surface area contributed by atoms with E-state index in [2.05, 4.69) is 39.5 Å². The molecule has 2 heteroatoms. The first-order valence-corrected chi connectivity index (χ1v) is 7.70. The third-order valence-electron chi connectivity index (χ3n) is 3.15. The van der Waals surface area contributed by atoms with Crippen LogP contribution in [0.15, 0.2) is 23.1 Å². The van der Waals surface area contributed by atoms with E-state index in [1.165, 1.54) is 37.0 Å². The predicted octanol–water partition coefficient (Wildman–Crippen LogP) is 5.11. The Hall–Kier alpha value is -0.0800. The van der Waals surface area contributed by atoms with Crippen molar-refractivity contribution in [2.45, 2.75) is 32.1 Å². The Morgan fingerprint density at radius 1 is 1.40 bits per heavy atom. The van der Waals surface area contributed by atoms with E-state index in [0.29, 0.717) is 0 Å². The lowest BCUT2D eigenvalue weighted by atomic mass is 9.84. The Kier molecular flexibility index (Phi) is 4.45. The van der Waals surface area contributed by atoms with Crippen LogP contribution >= 0.6 is 27.3 Å². The van der Waals surface area contributed by atoms with Crippen molar-refractivity contribution in [1.82, 2.24) is 0 Å². The summed E-state index contributed by atoms with van der Waals surface area (Å²) in [5, 5.41) is 3.19. The normalized spacial score (nSPS) is 19.4. The highest BCUT2D eigenvalue weighted by molar-refractivity contribution is 9.09. The van der Waals surface area contributed by atoms with Gasteiger partial charge in [0.05, 0.1) is 0 Å². The number of hydrogen-bond donors (Lipinski definition) is 0. The van der Waals surface area contributed by atoms with E-state index in [4.69, 9.17) is 0 Å². The molecule has 1 aliphatic rings. The molecule has 0 nitrogen and oxygen atoms in total. The fourth-order valence-electron chi connectivity index (χ4n) is 2.30. The van der Waals surface area contributed by atoms with E-state index in [9.17, 15) is 0 Å². The Balaban J connectivity index is 2.08. The van der Waals surface area contributed by atoms with E-state index in [0.717, 1.165) is 11.2 Å². The second-order valence-electron chi connectivity index (χ2n) is 4.20. The molecule has 1 aromatic rings. The van der Waals surface area contributed by atoms with E-state index in [1.54, 1.807) is 5.57 Å². The molecule has 0 saturated heterocycles. The van der Waals surface area contributed by atoms with Crippen LogP contribution in [0.1, 0.15) is 37.0 Å². The van der Waals surface area contributed by atoms with Gasteiger partial charge in [-0.3, -0.25) is 0 Å². The fraction of sp³-hybridized carbons (Fsp3) is 0.538. The first-order chi connectivity index (χ1) is 7.40. The molecule has 1 saturated carbocycles. The molecule has 0 unspecified atom stereocenters. The molecule has 0 atom stereocenters. The molecule has 1 aliphatic carbocycles. The van der Waals surface area contributed by atoms with Crippen molar-refractivity contribution in [2.75, 3.05) is 5.33 Å². The molecule has 0 bridgehead atoms. The van der Waals surface area contributed by atoms with Crippen molar-refractivity contribution in [3.8, 4) is 0 Å². The third kappa shape index (κ3) is 3.18. The van der Waals surface area contributed by atoms with Crippen LogP contribution in [0.3, 0.4) is 0 Å².